The highest BCUT2D eigenvalue weighted by atomic mass is 32.1. The Morgan fingerprint density at radius 3 is 3.05 bits per heavy atom. The van der Waals surface area contributed by atoms with Crippen LogP contribution in [-0.2, 0) is 4.74 Å². The van der Waals surface area contributed by atoms with Crippen molar-refractivity contribution in [2.75, 3.05) is 12.4 Å². The fourth-order valence-corrected chi connectivity index (χ4v) is 3.40. The van der Waals surface area contributed by atoms with Crippen molar-refractivity contribution < 1.29 is 9.66 Å². The Labute approximate surface area is 119 Å². The number of nitro groups is 1. The number of thiazole rings is 1. The molecule has 0 aliphatic heterocycles. The van der Waals surface area contributed by atoms with Gasteiger partial charge in [0.05, 0.1) is 21.2 Å². The van der Waals surface area contributed by atoms with Crippen LogP contribution in [0.15, 0.2) is 17.6 Å². The maximum Gasteiger partial charge on any atom is 0.319 e. The Morgan fingerprint density at radius 1 is 1.50 bits per heavy atom. The predicted molar refractivity (Wildman–Crippen MR) is 78.3 cm³/mol. The molecule has 1 heterocycles. The number of hydrogen-bond acceptors (Lipinski definition) is 6. The van der Waals surface area contributed by atoms with Crippen molar-refractivity contribution in [2.45, 2.75) is 31.4 Å². The van der Waals surface area contributed by atoms with Gasteiger partial charge < -0.3 is 10.1 Å². The number of nitrogens with one attached hydrogen (secondary N) is 1. The summed E-state index contributed by atoms with van der Waals surface area (Å²) < 4.78 is 6.17. The molecule has 2 aromatic rings. The van der Waals surface area contributed by atoms with E-state index in [1.54, 1.807) is 18.7 Å². The highest BCUT2D eigenvalue weighted by Gasteiger charge is 2.27. The molecule has 0 radical (unpaired) electrons. The smallest absolute Gasteiger partial charge is 0.319 e. The molecule has 1 aliphatic rings. The molecule has 0 amide bonds. The van der Waals surface area contributed by atoms with Crippen molar-refractivity contribution in [3.63, 3.8) is 0 Å². The molecule has 3 rings (SSSR count). The summed E-state index contributed by atoms with van der Waals surface area (Å²) in [6, 6.07) is 3.87. The fourth-order valence-electron chi connectivity index (χ4n) is 2.72. The number of aromatic nitrogens is 1. The summed E-state index contributed by atoms with van der Waals surface area (Å²) in [5.74, 6) is 0. The van der Waals surface area contributed by atoms with Crippen LogP contribution in [0.4, 0.5) is 11.4 Å². The first kappa shape index (κ1) is 13.3. The van der Waals surface area contributed by atoms with Gasteiger partial charge in [0.25, 0.3) is 0 Å². The molecule has 1 aromatic heterocycles. The zero-order chi connectivity index (χ0) is 14.1. The fraction of sp³-hybridized carbons (Fsp3) is 0.462. The molecule has 2 atom stereocenters. The molecule has 1 aromatic carbocycles. The summed E-state index contributed by atoms with van der Waals surface area (Å²) in [5.41, 5.74) is 2.73. The van der Waals surface area contributed by atoms with Gasteiger partial charge in [-0.05, 0) is 31.4 Å². The number of rotatable bonds is 4. The third kappa shape index (κ3) is 2.34. The third-order valence-corrected chi connectivity index (χ3v) is 4.53. The quantitative estimate of drug-likeness (QED) is 0.692. The summed E-state index contributed by atoms with van der Waals surface area (Å²) in [7, 11) is 1.71. The van der Waals surface area contributed by atoms with Gasteiger partial charge in [0, 0.05) is 13.2 Å². The first-order valence-corrected chi connectivity index (χ1v) is 7.37. The van der Waals surface area contributed by atoms with Crippen molar-refractivity contribution in [3.05, 3.63) is 27.8 Å². The number of hydrogen-bond donors (Lipinski definition) is 1. The van der Waals surface area contributed by atoms with E-state index in [-0.39, 0.29) is 22.8 Å². The Hall–Kier alpha value is -1.73. The summed E-state index contributed by atoms with van der Waals surface area (Å²) in [5, 5.41) is 14.6. The van der Waals surface area contributed by atoms with Gasteiger partial charge in [0.15, 0.2) is 5.52 Å². The maximum atomic E-state index is 11.3. The third-order valence-electron chi connectivity index (χ3n) is 3.74. The second kappa shape index (κ2) is 5.34. The van der Waals surface area contributed by atoms with E-state index in [0.717, 1.165) is 24.0 Å². The van der Waals surface area contributed by atoms with Gasteiger partial charge in [-0.3, -0.25) is 10.1 Å². The average Bonchev–Trinajstić information content (AvgIpc) is 3.06. The summed E-state index contributed by atoms with van der Waals surface area (Å²) >= 11 is 1.41. The lowest BCUT2D eigenvalue weighted by molar-refractivity contribution is -0.382. The van der Waals surface area contributed by atoms with Crippen molar-refractivity contribution in [1.29, 1.82) is 0 Å². The Balaban J connectivity index is 1.91. The van der Waals surface area contributed by atoms with Gasteiger partial charge in [-0.1, -0.05) is 0 Å². The first-order chi connectivity index (χ1) is 9.69. The topological polar surface area (TPSA) is 77.3 Å². The number of nitro benzene ring substituents is 1. The van der Waals surface area contributed by atoms with E-state index >= 15 is 0 Å². The van der Waals surface area contributed by atoms with Crippen LogP contribution in [0.25, 0.3) is 10.2 Å². The summed E-state index contributed by atoms with van der Waals surface area (Å²) in [6.45, 7) is 0. The molecule has 20 heavy (non-hydrogen) atoms. The molecule has 6 nitrogen and oxygen atoms in total. The zero-order valence-corrected chi connectivity index (χ0v) is 11.9. The van der Waals surface area contributed by atoms with E-state index in [9.17, 15) is 10.1 Å². The van der Waals surface area contributed by atoms with E-state index in [4.69, 9.17) is 4.74 Å². The van der Waals surface area contributed by atoms with Crippen LogP contribution in [-0.4, -0.2) is 29.2 Å². The van der Waals surface area contributed by atoms with Gasteiger partial charge >= 0.3 is 5.69 Å². The molecule has 7 heteroatoms. The molecule has 2 unspecified atom stereocenters. The number of ether oxygens (including phenoxy) is 1. The van der Waals surface area contributed by atoms with Gasteiger partial charge in [0.2, 0.25) is 0 Å². The number of fused-ring (bicyclic) bond motifs is 1. The van der Waals surface area contributed by atoms with Gasteiger partial charge in [-0.25, -0.2) is 4.98 Å². The van der Waals surface area contributed by atoms with Crippen LogP contribution in [0.2, 0.25) is 0 Å². The number of nitrogens with zero attached hydrogens (tertiary/aromatic N) is 2. The molecule has 0 bridgehead atoms. The second-order valence-electron chi connectivity index (χ2n) is 4.93. The molecule has 0 spiro atoms. The lowest BCUT2D eigenvalue weighted by Gasteiger charge is -2.14. The van der Waals surface area contributed by atoms with Gasteiger partial charge in [-0.2, -0.15) is 0 Å². The van der Waals surface area contributed by atoms with E-state index in [2.05, 4.69) is 10.3 Å². The van der Waals surface area contributed by atoms with Crippen molar-refractivity contribution in [2.24, 2.45) is 0 Å². The Kier molecular flexibility index (Phi) is 3.54. The minimum atomic E-state index is -0.354. The molecule has 106 valence electrons. The average molecular weight is 293 g/mol. The Bertz CT molecular complexity index is 643. The molecule has 1 fully saturated rings. The number of benzene rings is 1. The first-order valence-electron chi connectivity index (χ1n) is 6.49. The standard InChI is InChI=1S/C13H15N3O3S/c1-19-9-3-2-8(6-9)15-10-4-5-11-12(14-7-20-11)13(10)16(17)18/h4-5,7-9,15H,2-3,6H2,1H3. The molecule has 1 N–H and O–H groups in total. The zero-order valence-electron chi connectivity index (χ0n) is 11.0. The predicted octanol–water partition coefficient (Wildman–Crippen LogP) is 3.18. The lowest BCUT2D eigenvalue weighted by Crippen LogP contribution is -2.18. The van der Waals surface area contributed by atoms with Crippen LogP contribution < -0.4 is 5.32 Å². The second-order valence-corrected chi connectivity index (χ2v) is 5.82. The molecular weight excluding hydrogens is 278 g/mol. The van der Waals surface area contributed by atoms with Crippen LogP contribution >= 0.6 is 11.3 Å². The monoisotopic (exact) mass is 293 g/mol. The van der Waals surface area contributed by atoms with Gasteiger partial charge in [-0.15, -0.1) is 11.3 Å². The van der Waals surface area contributed by atoms with E-state index in [1.165, 1.54) is 11.3 Å². The van der Waals surface area contributed by atoms with Crippen LogP contribution in [0.1, 0.15) is 19.3 Å². The number of methoxy groups -OCH3 is 1. The molecule has 1 saturated carbocycles. The minimum Gasteiger partial charge on any atom is -0.381 e. The Morgan fingerprint density at radius 2 is 2.35 bits per heavy atom. The van der Waals surface area contributed by atoms with Crippen LogP contribution in [0.3, 0.4) is 0 Å². The highest BCUT2D eigenvalue weighted by molar-refractivity contribution is 7.16. The van der Waals surface area contributed by atoms with E-state index < -0.39 is 0 Å². The molecule has 0 saturated heterocycles. The van der Waals surface area contributed by atoms with Crippen molar-refractivity contribution in [1.82, 2.24) is 4.98 Å². The SMILES string of the molecule is COC1CCC(Nc2ccc3scnc3c2[N+](=O)[O-])C1. The minimum absolute atomic E-state index is 0.0737. The molecule has 1 aliphatic carbocycles. The highest BCUT2D eigenvalue weighted by Crippen LogP contribution is 2.36. The van der Waals surface area contributed by atoms with E-state index in [0.29, 0.717) is 11.2 Å². The maximum absolute atomic E-state index is 11.3. The number of anilines is 1. The largest absolute Gasteiger partial charge is 0.381 e. The van der Waals surface area contributed by atoms with Crippen molar-refractivity contribution >= 4 is 32.9 Å². The summed E-state index contributed by atoms with van der Waals surface area (Å²) in [4.78, 5) is 15.1. The van der Waals surface area contributed by atoms with Crippen LogP contribution in [0, 0.1) is 10.1 Å². The van der Waals surface area contributed by atoms with E-state index in [1.807, 2.05) is 6.07 Å². The van der Waals surface area contributed by atoms with Crippen molar-refractivity contribution in [3.8, 4) is 0 Å². The molecular formula is C13H15N3O3S. The van der Waals surface area contributed by atoms with Crippen LogP contribution in [0.5, 0.6) is 0 Å². The van der Waals surface area contributed by atoms with Gasteiger partial charge in [0.1, 0.15) is 5.69 Å². The normalized spacial score (nSPS) is 22.2. The summed E-state index contributed by atoms with van der Waals surface area (Å²) in [6.07, 6.45) is 3.07. The lowest BCUT2D eigenvalue weighted by atomic mass is 10.2.